The molecule has 138 valence electrons. The van der Waals surface area contributed by atoms with E-state index in [2.05, 4.69) is 10.0 Å². The molecular formula is C19H22N2O4S. The molecule has 26 heavy (non-hydrogen) atoms. The molecule has 0 unspecified atom stereocenters. The maximum absolute atomic E-state index is 12.6. The van der Waals surface area contributed by atoms with Gasteiger partial charge in [-0.1, -0.05) is 24.3 Å². The lowest BCUT2D eigenvalue weighted by Crippen LogP contribution is -2.26. The highest BCUT2D eigenvalue weighted by molar-refractivity contribution is 7.89. The lowest BCUT2D eigenvalue weighted by Gasteiger charge is -2.11. The van der Waals surface area contributed by atoms with E-state index in [-0.39, 0.29) is 16.4 Å². The number of benzene rings is 2. The van der Waals surface area contributed by atoms with Crippen LogP contribution in [0.2, 0.25) is 0 Å². The number of carbonyl (C=O) groups excluding carboxylic acids is 1. The van der Waals surface area contributed by atoms with Crippen LogP contribution in [-0.4, -0.2) is 28.0 Å². The van der Waals surface area contributed by atoms with Gasteiger partial charge in [-0.25, -0.2) is 13.1 Å². The summed E-state index contributed by atoms with van der Waals surface area (Å²) in [6.07, 6.45) is 2.12. The van der Waals surface area contributed by atoms with E-state index < -0.39 is 10.0 Å². The van der Waals surface area contributed by atoms with Crippen LogP contribution in [0.1, 0.15) is 28.8 Å². The minimum Gasteiger partial charge on any atom is -0.380 e. The number of ether oxygens (including phenoxy) is 1. The quantitative estimate of drug-likeness (QED) is 0.744. The van der Waals surface area contributed by atoms with E-state index in [9.17, 15) is 13.2 Å². The Bertz CT molecular complexity index is 892. The Balaban J connectivity index is 1.76. The van der Waals surface area contributed by atoms with Crippen LogP contribution in [0.5, 0.6) is 0 Å². The Hall–Kier alpha value is -2.22. The van der Waals surface area contributed by atoms with E-state index in [1.54, 1.807) is 25.3 Å². The monoisotopic (exact) mass is 374 g/mol. The first-order chi connectivity index (χ1) is 12.5. The number of sulfonamides is 1. The summed E-state index contributed by atoms with van der Waals surface area (Å²) >= 11 is 0. The van der Waals surface area contributed by atoms with E-state index in [0.717, 1.165) is 18.4 Å². The van der Waals surface area contributed by atoms with Crippen LogP contribution >= 0.6 is 0 Å². The van der Waals surface area contributed by atoms with Crippen molar-refractivity contribution in [1.82, 2.24) is 4.72 Å². The molecule has 0 aromatic heterocycles. The predicted molar refractivity (Wildman–Crippen MR) is 99.5 cm³/mol. The van der Waals surface area contributed by atoms with Gasteiger partial charge in [-0.15, -0.1) is 0 Å². The van der Waals surface area contributed by atoms with Crippen molar-refractivity contribution in [2.24, 2.45) is 5.92 Å². The number of hydrogen-bond donors (Lipinski definition) is 2. The first kappa shape index (κ1) is 18.6. The molecule has 0 spiro atoms. The number of rotatable bonds is 8. The largest absolute Gasteiger partial charge is 0.380 e. The summed E-state index contributed by atoms with van der Waals surface area (Å²) in [5.41, 5.74) is 1.77. The van der Waals surface area contributed by atoms with Crippen LogP contribution < -0.4 is 10.0 Å². The molecule has 0 heterocycles. The third-order valence-electron chi connectivity index (χ3n) is 4.23. The van der Waals surface area contributed by atoms with E-state index in [0.29, 0.717) is 24.8 Å². The molecule has 1 saturated carbocycles. The van der Waals surface area contributed by atoms with Gasteiger partial charge in [0.25, 0.3) is 5.91 Å². The zero-order valence-corrected chi connectivity index (χ0v) is 15.4. The molecule has 0 saturated heterocycles. The second-order valence-corrected chi connectivity index (χ2v) is 8.13. The highest BCUT2D eigenvalue weighted by atomic mass is 32.2. The summed E-state index contributed by atoms with van der Waals surface area (Å²) in [4.78, 5) is 12.7. The number of nitrogens with one attached hydrogen (secondary N) is 2. The fourth-order valence-corrected chi connectivity index (χ4v) is 3.72. The van der Waals surface area contributed by atoms with Crippen molar-refractivity contribution in [2.75, 3.05) is 19.0 Å². The summed E-state index contributed by atoms with van der Waals surface area (Å²) < 4.78 is 32.5. The Kier molecular flexibility index (Phi) is 5.70. The lowest BCUT2D eigenvalue weighted by molar-refractivity contribution is 0.102. The first-order valence-electron chi connectivity index (χ1n) is 8.47. The van der Waals surface area contributed by atoms with Gasteiger partial charge in [0.1, 0.15) is 0 Å². The van der Waals surface area contributed by atoms with Gasteiger partial charge in [-0.05, 0) is 43.0 Å². The summed E-state index contributed by atoms with van der Waals surface area (Å²) in [5, 5.41) is 2.82. The smallest absolute Gasteiger partial charge is 0.255 e. The maximum atomic E-state index is 12.6. The minimum absolute atomic E-state index is 0.0935. The minimum atomic E-state index is -3.61. The third-order valence-corrected chi connectivity index (χ3v) is 5.65. The molecule has 2 aromatic carbocycles. The Morgan fingerprint density at radius 3 is 2.65 bits per heavy atom. The number of carbonyl (C=O) groups is 1. The summed E-state index contributed by atoms with van der Waals surface area (Å²) in [6, 6.07) is 13.4. The zero-order valence-electron chi connectivity index (χ0n) is 14.6. The molecule has 0 aliphatic heterocycles. The van der Waals surface area contributed by atoms with Crippen molar-refractivity contribution in [3.63, 3.8) is 0 Å². The van der Waals surface area contributed by atoms with Crippen LogP contribution in [0.3, 0.4) is 0 Å². The second-order valence-electron chi connectivity index (χ2n) is 6.37. The molecule has 1 fully saturated rings. The van der Waals surface area contributed by atoms with Crippen LogP contribution in [0.4, 0.5) is 5.69 Å². The third kappa shape index (κ3) is 4.69. The Labute approximate surface area is 153 Å². The molecule has 1 aliphatic carbocycles. The molecule has 6 nitrogen and oxygen atoms in total. The fraction of sp³-hybridized carbons (Fsp3) is 0.316. The molecule has 1 aliphatic rings. The molecule has 7 heteroatoms. The van der Waals surface area contributed by atoms with Gasteiger partial charge in [0.05, 0.1) is 11.5 Å². The van der Waals surface area contributed by atoms with Crippen LogP contribution in [0.15, 0.2) is 53.4 Å². The fourth-order valence-electron chi connectivity index (χ4n) is 2.56. The maximum Gasteiger partial charge on any atom is 0.255 e. The Morgan fingerprint density at radius 1 is 1.15 bits per heavy atom. The highest BCUT2D eigenvalue weighted by Crippen LogP contribution is 2.28. The summed E-state index contributed by atoms with van der Waals surface area (Å²) in [5.74, 6) is 0.0707. The number of hydrogen-bond acceptors (Lipinski definition) is 4. The number of methoxy groups -OCH3 is 1. The molecule has 0 bridgehead atoms. The highest BCUT2D eigenvalue weighted by Gasteiger charge is 2.24. The number of amides is 1. The van der Waals surface area contributed by atoms with E-state index in [1.807, 2.05) is 18.2 Å². The molecule has 2 aromatic rings. The van der Waals surface area contributed by atoms with Crippen LogP contribution in [0.25, 0.3) is 0 Å². The van der Waals surface area contributed by atoms with E-state index >= 15 is 0 Å². The first-order valence-corrected chi connectivity index (χ1v) is 9.96. The lowest BCUT2D eigenvalue weighted by atomic mass is 10.1. The van der Waals surface area contributed by atoms with Gasteiger partial charge >= 0.3 is 0 Å². The van der Waals surface area contributed by atoms with Crippen molar-refractivity contribution in [2.45, 2.75) is 24.3 Å². The second kappa shape index (κ2) is 7.99. The van der Waals surface area contributed by atoms with Gasteiger partial charge in [-0.3, -0.25) is 4.79 Å². The zero-order chi connectivity index (χ0) is 18.6. The van der Waals surface area contributed by atoms with E-state index in [1.165, 1.54) is 12.1 Å². The van der Waals surface area contributed by atoms with Gasteiger partial charge < -0.3 is 10.1 Å². The van der Waals surface area contributed by atoms with Crippen molar-refractivity contribution in [3.8, 4) is 0 Å². The SMILES string of the molecule is COCc1ccccc1NC(=O)c1cccc(S(=O)(=O)NCC2CC2)c1. The van der Waals surface area contributed by atoms with Crippen LogP contribution in [-0.2, 0) is 21.4 Å². The number of para-hydroxylation sites is 1. The topological polar surface area (TPSA) is 84.5 Å². The Morgan fingerprint density at radius 2 is 1.92 bits per heavy atom. The van der Waals surface area contributed by atoms with Gasteiger partial charge in [-0.2, -0.15) is 0 Å². The van der Waals surface area contributed by atoms with Gasteiger partial charge in [0, 0.05) is 30.5 Å². The van der Waals surface area contributed by atoms with Crippen LogP contribution in [0, 0.1) is 5.92 Å². The molecule has 2 N–H and O–H groups in total. The average molecular weight is 374 g/mol. The normalized spacial score (nSPS) is 14.2. The van der Waals surface area contributed by atoms with E-state index in [4.69, 9.17) is 4.74 Å². The summed E-state index contributed by atoms with van der Waals surface area (Å²) in [7, 11) is -2.03. The average Bonchev–Trinajstić information content (AvgIpc) is 3.47. The molecular weight excluding hydrogens is 352 g/mol. The van der Waals surface area contributed by atoms with Crippen molar-refractivity contribution in [3.05, 3.63) is 59.7 Å². The van der Waals surface area contributed by atoms with Gasteiger partial charge in [0.2, 0.25) is 10.0 Å². The molecule has 0 atom stereocenters. The van der Waals surface area contributed by atoms with Gasteiger partial charge in [0.15, 0.2) is 0 Å². The molecule has 0 radical (unpaired) electrons. The van der Waals surface area contributed by atoms with Crippen molar-refractivity contribution < 1.29 is 17.9 Å². The summed E-state index contributed by atoms with van der Waals surface area (Å²) in [6.45, 7) is 0.819. The standard InChI is InChI=1S/C19H22N2O4S/c1-25-13-16-5-2-3-8-18(16)21-19(22)15-6-4-7-17(11-15)26(23,24)20-12-14-9-10-14/h2-8,11,14,20H,9-10,12-13H2,1H3,(H,21,22). The predicted octanol–water partition coefficient (Wildman–Crippen LogP) is 2.77. The van der Waals surface area contributed by atoms with Crippen molar-refractivity contribution >= 4 is 21.6 Å². The number of anilines is 1. The van der Waals surface area contributed by atoms with Crippen molar-refractivity contribution in [1.29, 1.82) is 0 Å². The molecule has 3 rings (SSSR count). The molecule has 1 amide bonds.